The molecule has 9 aromatic rings. The molecule has 0 aliphatic carbocycles. The van der Waals surface area contributed by atoms with E-state index in [0.717, 1.165) is 88.1 Å². The Balaban J connectivity index is 0.00000469. The van der Waals surface area contributed by atoms with Gasteiger partial charge in [0.2, 0.25) is 0 Å². The van der Waals surface area contributed by atoms with E-state index in [4.69, 9.17) is 22.6 Å². The van der Waals surface area contributed by atoms with Gasteiger partial charge in [0.15, 0.2) is 0 Å². The second kappa shape index (κ2) is 15.1. The van der Waals surface area contributed by atoms with Crippen molar-refractivity contribution in [1.29, 1.82) is 0 Å². The topological polar surface area (TPSA) is 30.7 Å². The fourth-order valence-corrected chi connectivity index (χ4v) is 8.30. The minimum absolute atomic E-state index is 0. The maximum atomic E-state index is 6.09. The van der Waals surface area contributed by atoms with Gasteiger partial charge in [-0.1, -0.05) is 144 Å². The van der Waals surface area contributed by atoms with E-state index in [9.17, 15) is 0 Å². The number of aromatic nitrogens is 3. The molecule has 0 aliphatic heterocycles. The molecule has 0 saturated heterocycles. The quantitative estimate of drug-likeness (QED) is 0.127. The fourth-order valence-electron chi connectivity index (χ4n) is 8.00. The van der Waals surface area contributed by atoms with Crippen LogP contribution in [0.4, 0.5) is 0 Å². The second-order valence-corrected chi connectivity index (χ2v) is 17.7. The molecule has 3 nitrogen and oxygen atoms in total. The molecule has 0 unspecified atom stereocenters. The van der Waals surface area contributed by atoms with Crippen LogP contribution in [0.1, 0.15) is 58.2 Å². The van der Waals surface area contributed by atoms with E-state index < -0.39 is 0 Å². The monoisotopic (exact) mass is 950 g/mol. The average molecular weight is 951 g/mol. The number of aryl methyl sites for hydroxylation is 1. The molecule has 7 aromatic carbocycles. The first-order valence-corrected chi connectivity index (χ1v) is 20.1. The van der Waals surface area contributed by atoms with Crippen molar-refractivity contribution >= 4 is 45.3 Å². The molecule has 0 bridgehead atoms. The van der Waals surface area contributed by atoms with E-state index in [1.54, 1.807) is 0 Å². The van der Waals surface area contributed by atoms with E-state index in [2.05, 4.69) is 199 Å². The van der Waals surface area contributed by atoms with Gasteiger partial charge in [-0.05, 0) is 92.1 Å². The summed E-state index contributed by atoms with van der Waals surface area (Å²) in [6, 6.07) is 53.8. The van der Waals surface area contributed by atoms with Crippen LogP contribution in [0.25, 0.3) is 83.2 Å². The third-order valence-electron chi connectivity index (χ3n) is 11.3. The molecule has 0 amide bonds. The smallest absolute Gasteiger partial charge is 0.779 e. The van der Waals surface area contributed by atoms with E-state index in [-0.39, 0.29) is 31.9 Å². The summed E-state index contributed by atoms with van der Waals surface area (Å²) in [4.78, 5) is 11.3. The van der Waals surface area contributed by atoms with E-state index in [0.29, 0.717) is 0 Å². The minimum Gasteiger partial charge on any atom is -0.779 e. The van der Waals surface area contributed by atoms with Crippen molar-refractivity contribution in [2.75, 3.05) is 0 Å². The molecule has 0 saturated carbocycles. The van der Waals surface area contributed by atoms with Gasteiger partial charge >= 0.3 is 21.1 Å². The Kier molecular flexibility index (Phi) is 10.2. The summed E-state index contributed by atoms with van der Waals surface area (Å²) in [6.07, 6.45) is 1.91. The molecule has 0 atom stereocenters. The Hall–Kier alpha value is -5.41. The minimum atomic E-state index is -0.0490. The largest absolute Gasteiger partial charge is 2.00 e. The molecule has 288 valence electrons. The number of nitrogens with zero attached hydrogens (tertiary/aromatic N) is 3. The number of benzene rings is 7. The zero-order chi connectivity index (χ0) is 39.6. The first-order valence-electron chi connectivity index (χ1n) is 19.7. The molecule has 0 fully saturated rings. The van der Waals surface area contributed by atoms with Gasteiger partial charge in [0.1, 0.15) is 0 Å². The molecule has 58 heavy (non-hydrogen) atoms. The van der Waals surface area contributed by atoms with Gasteiger partial charge in [0.25, 0.3) is 0 Å². The Bertz CT molecular complexity index is 3000. The summed E-state index contributed by atoms with van der Waals surface area (Å²) in [7, 11) is 0. The van der Waals surface area contributed by atoms with Crippen molar-refractivity contribution in [2.24, 2.45) is 0 Å². The summed E-state index contributed by atoms with van der Waals surface area (Å²) in [5.41, 5.74) is 14.8. The van der Waals surface area contributed by atoms with Crippen molar-refractivity contribution in [3.63, 3.8) is 0 Å². The number of fused-ring (bicyclic) bond motifs is 3. The molecule has 5 heteroatoms. The van der Waals surface area contributed by atoms with Gasteiger partial charge < -0.3 is 17.2 Å². The zero-order valence-electron chi connectivity index (χ0n) is 33.9. The Labute approximate surface area is 361 Å². The summed E-state index contributed by atoms with van der Waals surface area (Å²) in [6.45, 7) is 15.8. The van der Waals surface area contributed by atoms with Crippen molar-refractivity contribution in [3.8, 4) is 50.5 Å². The molecule has 0 radical (unpaired) electrons. The summed E-state index contributed by atoms with van der Waals surface area (Å²) in [5, 5.41) is 3.45. The molecule has 0 spiro atoms. The summed E-state index contributed by atoms with van der Waals surface area (Å²) < 4.78 is 2.33. The molecule has 0 N–H and O–H groups in total. The molecule has 2 aromatic heterocycles. The summed E-state index contributed by atoms with van der Waals surface area (Å²) in [5.74, 6) is 0.812. The molecular formula is C53H45N3PtS. The van der Waals surface area contributed by atoms with E-state index in [1.807, 2.05) is 6.20 Å². The van der Waals surface area contributed by atoms with Crippen LogP contribution in [0.2, 0.25) is 0 Å². The third-order valence-corrected chi connectivity index (χ3v) is 11.6. The first-order chi connectivity index (χ1) is 27.3. The maximum absolute atomic E-state index is 6.09. The van der Waals surface area contributed by atoms with Gasteiger partial charge in [-0.25, -0.2) is 0 Å². The fraction of sp³-hybridized carbons (Fsp3) is 0.170. The van der Waals surface area contributed by atoms with Gasteiger partial charge in [-0.3, -0.25) is 9.97 Å². The Morgan fingerprint density at radius 2 is 1.24 bits per heavy atom. The van der Waals surface area contributed by atoms with Gasteiger partial charge in [-0.2, -0.15) is 4.90 Å². The standard InChI is InChI=1S/C53H46N3S.Pt/c1-33-25-26-54-49-42(33)31-40(53(5,6)7)32-44(49)37-19-13-20-38(27-37)51-55-50-41(45-28-35-17-11-12-18-36(35)29-48(45)57)21-14-22-47(50)56(51)46-24-23-39(52(2,3)4)30-43(46)34-15-9-8-10-16-34;/h8-26,28-32,57H,1-7H3;/q-1;+2/p-1. The molecule has 9 rings (SSSR count). The van der Waals surface area contributed by atoms with Crippen molar-refractivity contribution in [2.45, 2.75) is 64.2 Å². The molecule has 2 heterocycles. The number of hydrogen-bond donors (Lipinski definition) is 0. The predicted molar refractivity (Wildman–Crippen MR) is 242 cm³/mol. The summed E-state index contributed by atoms with van der Waals surface area (Å²) >= 11 is 6.09. The molecular weight excluding hydrogens is 906 g/mol. The van der Waals surface area contributed by atoms with Crippen LogP contribution in [-0.4, -0.2) is 14.5 Å². The average Bonchev–Trinajstić information content (AvgIpc) is 3.60. The maximum Gasteiger partial charge on any atom is 2.00 e. The van der Waals surface area contributed by atoms with Gasteiger partial charge in [0.05, 0.1) is 16.9 Å². The van der Waals surface area contributed by atoms with Gasteiger partial charge in [-0.15, -0.1) is 29.8 Å². The van der Waals surface area contributed by atoms with E-state index >= 15 is 0 Å². The second-order valence-electron chi connectivity index (χ2n) is 17.3. The third kappa shape index (κ3) is 7.08. The van der Waals surface area contributed by atoms with Crippen LogP contribution >= 0.6 is 0 Å². The SMILES string of the molecule is Cc1ccnc2c(-c3[c-]c(-c4nc5c(-c6cc7ccccc7cc6[S-])cccc5n4-c4ccc(C(C)(C)C)cc4-c4ccccc4)ccc3)cc(C(C)(C)C)cc12.[Pt+2]. The van der Waals surface area contributed by atoms with Crippen LogP contribution in [0, 0.1) is 13.0 Å². The van der Waals surface area contributed by atoms with Crippen molar-refractivity contribution < 1.29 is 21.1 Å². The number of imidazole rings is 1. The van der Waals surface area contributed by atoms with Gasteiger partial charge in [0, 0.05) is 28.5 Å². The predicted octanol–water partition coefficient (Wildman–Crippen LogP) is 14.0. The molecule has 0 aliphatic rings. The van der Waals surface area contributed by atoms with Crippen LogP contribution in [0.5, 0.6) is 0 Å². The van der Waals surface area contributed by atoms with Crippen LogP contribution in [0.15, 0.2) is 151 Å². The number of pyridine rings is 1. The van der Waals surface area contributed by atoms with Crippen LogP contribution in [-0.2, 0) is 44.5 Å². The Morgan fingerprint density at radius 3 is 1.98 bits per heavy atom. The first kappa shape index (κ1) is 39.4. The van der Waals surface area contributed by atoms with Crippen molar-refractivity contribution in [3.05, 3.63) is 168 Å². The number of hydrogen-bond acceptors (Lipinski definition) is 3. The van der Waals surface area contributed by atoms with E-state index in [1.165, 1.54) is 16.7 Å². The number of para-hydroxylation sites is 1. The number of rotatable bonds is 5. The Morgan fingerprint density at radius 1 is 0.569 bits per heavy atom. The zero-order valence-corrected chi connectivity index (χ0v) is 37.0. The van der Waals surface area contributed by atoms with Crippen molar-refractivity contribution in [1.82, 2.24) is 14.5 Å². The normalized spacial score (nSPS) is 12.0. The van der Waals surface area contributed by atoms with Crippen LogP contribution < -0.4 is 0 Å². The van der Waals surface area contributed by atoms with Crippen LogP contribution in [0.3, 0.4) is 0 Å².